The minimum atomic E-state index is -4.45. The molecule has 32 heavy (non-hydrogen) atoms. The molecule has 0 aliphatic carbocycles. The Morgan fingerprint density at radius 3 is 2.28 bits per heavy atom. The van der Waals surface area contributed by atoms with Crippen LogP contribution in [0.2, 0.25) is 0 Å². The zero-order chi connectivity index (χ0) is 23.7. The molecule has 6 nitrogen and oxygen atoms in total. The van der Waals surface area contributed by atoms with Crippen LogP contribution in [0.15, 0.2) is 42.5 Å². The molecule has 2 aromatic carbocycles. The Morgan fingerprint density at radius 2 is 1.69 bits per heavy atom. The van der Waals surface area contributed by atoms with E-state index in [1.807, 2.05) is 27.7 Å². The summed E-state index contributed by atoms with van der Waals surface area (Å²) < 4.78 is 43.9. The van der Waals surface area contributed by atoms with Crippen LogP contribution in [0.25, 0.3) is 0 Å². The van der Waals surface area contributed by atoms with Crippen LogP contribution in [-0.4, -0.2) is 25.1 Å². The number of amides is 3. The van der Waals surface area contributed by atoms with Crippen molar-refractivity contribution in [1.82, 2.24) is 0 Å². The molecule has 0 aromatic heterocycles. The minimum Gasteiger partial charge on any atom is -0.490 e. The van der Waals surface area contributed by atoms with Crippen molar-refractivity contribution in [3.8, 4) is 5.75 Å². The normalized spacial score (nSPS) is 15.6. The van der Waals surface area contributed by atoms with E-state index < -0.39 is 23.2 Å². The smallest absolute Gasteiger partial charge is 0.416 e. The van der Waals surface area contributed by atoms with Crippen LogP contribution in [0.3, 0.4) is 0 Å². The molecular formula is C23H26F3N3O3. The van der Waals surface area contributed by atoms with Crippen LogP contribution in [-0.2, 0) is 11.0 Å². The molecule has 0 saturated carbocycles. The standard InChI is InChI=1S/C23H26F3N3O3/c1-14(2)12-29-18-11-17(9-10-19(18)32-13-22(3,4)20(29)30)28-21(31)27-16-7-5-15(6-8-16)23(24,25)26/h5-11,14H,12-13H2,1-4H3,(H2,27,28,31). The van der Waals surface area contributed by atoms with Gasteiger partial charge in [0, 0.05) is 17.9 Å². The number of benzene rings is 2. The number of nitrogens with one attached hydrogen (secondary N) is 2. The Morgan fingerprint density at radius 1 is 1.09 bits per heavy atom. The summed E-state index contributed by atoms with van der Waals surface area (Å²) in [5, 5.41) is 5.15. The molecule has 0 radical (unpaired) electrons. The van der Waals surface area contributed by atoms with Gasteiger partial charge in [-0.15, -0.1) is 0 Å². The summed E-state index contributed by atoms with van der Waals surface area (Å²) in [5.74, 6) is 0.676. The molecule has 1 aliphatic heterocycles. The fourth-order valence-electron chi connectivity index (χ4n) is 3.31. The second kappa shape index (κ2) is 8.72. The number of carbonyl (C=O) groups excluding carboxylic acids is 2. The van der Waals surface area contributed by atoms with E-state index in [4.69, 9.17) is 4.74 Å². The summed E-state index contributed by atoms with van der Waals surface area (Å²) in [5.41, 5.74) is -0.319. The number of alkyl halides is 3. The van der Waals surface area contributed by atoms with Gasteiger partial charge in [-0.05, 0) is 62.2 Å². The average Bonchev–Trinajstić information content (AvgIpc) is 2.78. The zero-order valence-electron chi connectivity index (χ0n) is 18.3. The molecule has 0 atom stereocenters. The van der Waals surface area contributed by atoms with Gasteiger partial charge < -0.3 is 20.3 Å². The Kier molecular flexibility index (Phi) is 6.39. The highest BCUT2D eigenvalue weighted by Crippen LogP contribution is 2.38. The fourth-order valence-corrected chi connectivity index (χ4v) is 3.31. The Hall–Kier alpha value is -3.23. The molecule has 0 bridgehead atoms. The highest BCUT2D eigenvalue weighted by atomic mass is 19.4. The third-order valence-electron chi connectivity index (χ3n) is 4.94. The monoisotopic (exact) mass is 449 g/mol. The number of anilines is 3. The molecule has 0 spiro atoms. The Bertz CT molecular complexity index is 1000. The molecule has 3 amide bonds. The van der Waals surface area contributed by atoms with Gasteiger partial charge in [0.05, 0.1) is 16.7 Å². The Balaban J connectivity index is 1.79. The van der Waals surface area contributed by atoms with E-state index in [2.05, 4.69) is 10.6 Å². The van der Waals surface area contributed by atoms with Crippen molar-refractivity contribution in [3.63, 3.8) is 0 Å². The van der Waals surface area contributed by atoms with Crippen molar-refractivity contribution in [2.24, 2.45) is 11.3 Å². The number of halogens is 3. The van der Waals surface area contributed by atoms with Crippen LogP contribution >= 0.6 is 0 Å². The van der Waals surface area contributed by atoms with Crippen LogP contribution in [0.4, 0.5) is 35.0 Å². The van der Waals surface area contributed by atoms with E-state index in [-0.39, 0.29) is 24.1 Å². The lowest BCUT2D eigenvalue weighted by Gasteiger charge is -2.29. The SMILES string of the molecule is CC(C)CN1C(=O)C(C)(C)COc2ccc(NC(=O)Nc3ccc(C(F)(F)F)cc3)cc21. The summed E-state index contributed by atoms with van der Waals surface area (Å²) >= 11 is 0. The molecule has 0 unspecified atom stereocenters. The van der Waals surface area contributed by atoms with Crippen LogP contribution in [0.1, 0.15) is 33.3 Å². The van der Waals surface area contributed by atoms with Crippen LogP contribution < -0.4 is 20.3 Å². The van der Waals surface area contributed by atoms with E-state index in [0.717, 1.165) is 12.1 Å². The van der Waals surface area contributed by atoms with Crippen LogP contribution in [0.5, 0.6) is 5.75 Å². The van der Waals surface area contributed by atoms with E-state index in [0.29, 0.717) is 23.7 Å². The summed E-state index contributed by atoms with van der Waals surface area (Å²) in [6.45, 7) is 8.38. The van der Waals surface area contributed by atoms with Crippen molar-refractivity contribution in [3.05, 3.63) is 48.0 Å². The molecule has 0 saturated heterocycles. The molecular weight excluding hydrogens is 423 g/mol. The molecule has 0 fully saturated rings. The fraction of sp³-hybridized carbons (Fsp3) is 0.391. The molecule has 1 heterocycles. The maximum Gasteiger partial charge on any atom is 0.416 e. The number of hydrogen-bond donors (Lipinski definition) is 2. The number of urea groups is 1. The maximum absolute atomic E-state index is 13.1. The zero-order valence-corrected chi connectivity index (χ0v) is 18.3. The van der Waals surface area contributed by atoms with E-state index in [9.17, 15) is 22.8 Å². The summed E-state index contributed by atoms with van der Waals surface area (Å²) in [7, 11) is 0. The van der Waals surface area contributed by atoms with E-state index >= 15 is 0 Å². The molecule has 2 aromatic rings. The summed E-state index contributed by atoms with van der Waals surface area (Å²) in [4.78, 5) is 27.1. The second-order valence-electron chi connectivity index (χ2n) is 8.82. The second-order valence-corrected chi connectivity index (χ2v) is 8.82. The third-order valence-corrected chi connectivity index (χ3v) is 4.94. The summed E-state index contributed by atoms with van der Waals surface area (Å²) in [6, 6.07) is 8.51. The molecule has 9 heteroatoms. The first-order valence-electron chi connectivity index (χ1n) is 10.2. The number of fused-ring (bicyclic) bond motifs is 1. The molecule has 172 valence electrons. The van der Waals surface area contributed by atoms with Gasteiger partial charge in [-0.1, -0.05) is 13.8 Å². The lowest BCUT2D eigenvalue weighted by atomic mass is 9.92. The third kappa shape index (κ3) is 5.33. The van der Waals surface area contributed by atoms with E-state index in [1.165, 1.54) is 12.1 Å². The van der Waals surface area contributed by atoms with Crippen molar-refractivity contribution in [1.29, 1.82) is 0 Å². The number of hydrogen-bond acceptors (Lipinski definition) is 3. The molecule has 1 aliphatic rings. The highest BCUT2D eigenvalue weighted by molar-refractivity contribution is 6.02. The van der Waals surface area contributed by atoms with Gasteiger partial charge in [-0.2, -0.15) is 13.2 Å². The summed E-state index contributed by atoms with van der Waals surface area (Å²) in [6.07, 6.45) is -4.45. The lowest BCUT2D eigenvalue weighted by Crippen LogP contribution is -2.43. The van der Waals surface area contributed by atoms with Crippen LogP contribution in [0, 0.1) is 11.3 Å². The Labute approximate surface area is 184 Å². The number of nitrogens with zero attached hydrogens (tertiary/aromatic N) is 1. The number of rotatable bonds is 4. The van der Waals surface area contributed by atoms with Gasteiger partial charge in [0.15, 0.2) is 0 Å². The van der Waals surface area contributed by atoms with Crippen molar-refractivity contribution in [2.45, 2.75) is 33.9 Å². The quantitative estimate of drug-likeness (QED) is 0.624. The first-order chi connectivity index (χ1) is 14.9. The van der Waals surface area contributed by atoms with Gasteiger partial charge in [0.1, 0.15) is 12.4 Å². The molecule has 3 rings (SSSR count). The van der Waals surface area contributed by atoms with Crippen molar-refractivity contribution in [2.75, 3.05) is 28.7 Å². The lowest BCUT2D eigenvalue weighted by molar-refractivity contribution is -0.137. The predicted octanol–water partition coefficient (Wildman–Crippen LogP) is 5.76. The number of ether oxygens (including phenoxy) is 1. The predicted molar refractivity (Wildman–Crippen MR) is 117 cm³/mol. The molecule has 2 N–H and O–H groups in total. The van der Waals surface area contributed by atoms with E-state index in [1.54, 1.807) is 23.1 Å². The van der Waals surface area contributed by atoms with Gasteiger partial charge in [-0.3, -0.25) is 4.79 Å². The van der Waals surface area contributed by atoms with Crippen molar-refractivity contribution >= 4 is 29.0 Å². The largest absolute Gasteiger partial charge is 0.490 e. The highest BCUT2D eigenvalue weighted by Gasteiger charge is 2.38. The minimum absolute atomic E-state index is 0.0729. The van der Waals surface area contributed by atoms with Gasteiger partial charge in [0.25, 0.3) is 0 Å². The average molecular weight is 449 g/mol. The van der Waals surface area contributed by atoms with Gasteiger partial charge in [-0.25, -0.2) is 4.79 Å². The van der Waals surface area contributed by atoms with Gasteiger partial charge in [0.2, 0.25) is 5.91 Å². The maximum atomic E-state index is 13.1. The van der Waals surface area contributed by atoms with Crippen molar-refractivity contribution < 1.29 is 27.5 Å². The number of carbonyl (C=O) groups is 2. The topological polar surface area (TPSA) is 70.7 Å². The first-order valence-corrected chi connectivity index (χ1v) is 10.2. The van der Waals surface area contributed by atoms with Gasteiger partial charge >= 0.3 is 12.2 Å². The first kappa shape index (κ1) is 23.4.